The number of halogens is 2. The van der Waals surface area contributed by atoms with Crippen LogP contribution in [0.2, 0.25) is 10.0 Å². The number of amides is 2. The summed E-state index contributed by atoms with van der Waals surface area (Å²) >= 11 is 12.7. The van der Waals surface area contributed by atoms with Gasteiger partial charge in [-0.3, -0.25) is 24.5 Å². The van der Waals surface area contributed by atoms with Crippen molar-refractivity contribution in [3.05, 3.63) is 63.6 Å². The van der Waals surface area contributed by atoms with Gasteiger partial charge in [0.15, 0.2) is 5.78 Å². The van der Waals surface area contributed by atoms with Crippen molar-refractivity contribution in [2.75, 3.05) is 0 Å². The van der Waals surface area contributed by atoms with Crippen molar-refractivity contribution in [2.45, 2.75) is 37.8 Å². The molecule has 0 spiro atoms. The lowest BCUT2D eigenvalue weighted by Gasteiger charge is -2.17. The largest absolute Gasteiger partial charge is 0.489 e. The van der Waals surface area contributed by atoms with E-state index < -0.39 is 36.2 Å². The fourth-order valence-electron chi connectivity index (χ4n) is 3.59. The minimum absolute atomic E-state index is 0.0793. The summed E-state index contributed by atoms with van der Waals surface area (Å²) in [5.74, 6) is -3.02. The Bertz CT molecular complexity index is 1080. The Morgan fingerprint density at radius 1 is 1.06 bits per heavy atom. The fraction of sp³-hybridized carbons (Fsp3) is 0.304. The molecule has 3 atom stereocenters. The Kier molecular flexibility index (Phi) is 8.07. The van der Waals surface area contributed by atoms with Gasteiger partial charge < -0.3 is 15.6 Å². The van der Waals surface area contributed by atoms with Gasteiger partial charge in [-0.1, -0.05) is 53.5 Å². The summed E-state index contributed by atoms with van der Waals surface area (Å²) in [4.78, 5) is 47.5. The van der Waals surface area contributed by atoms with E-state index in [9.17, 15) is 19.2 Å². The monoisotopic (exact) mass is 492 g/mol. The standard InChI is InChI=1S/C23H22Cl2N2O6/c24-19-15(21(29)12-4-2-1-3-5-12)8-9-17(20(19)25)33-14-7-6-13(10-14)22(30)27-18(28)11-16(26)23(31)32/h1-5,8-9,13-14,16H,6-7,10-11,26H2,(H,31,32)(H,27,28,30)/t13-,14-,16?/m0/s1. The Balaban J connectivity index is 1.60. The molecule has 0 aliphatic heterocycles. The van der Waals surface area contributed by atoms with E-state index in [1.54, 1.807) is 42.5 Å². The number of carboxylic acids is 1. The summed E-state index contributed by atoms with van der Waals surface area (Å²) in [5, 5.41) is 11.1. The smallest absolute Gasteiger partial charge is 0.321 e. The van der Waals surface area contributed by atoms with Crippen molar-refractivity contribution >= 4 is 46.8 Å². The molecule has 1 unspecified atom stereocenters. The first-order valence-electron chi connectivity index (χ1n) is 10.2. The van der Waals surface area contributed by atoms with Crippen molar-refractivity contribution in [3.8, 4) is 5.75 Å². The van der Waals surface area contributed by atoms with Gasteiger partial charge in [-0.25, -0.2) is 0 Å². The molecule has 1 saturated carbocycles. The molecule has 174 valence electrons. The summed E-state index contributed by atoms with van der Waals surface area (Å²) in [6, 6.07) is 10.4. The number of ketones is 1. The van der Waals surface area contributed by atoms with E-state index in [-0.39, 0.29) is 27.5 Å². The SMILES string of the molecule is NC(CC(=O)NC(=O)[C@H]1CC[C@H](Oc2ccc(C(=O)c3ccccc3)c(Cl)c2Cl)C1)C(=O)O. The van der Waals surface area contributed by atoms with Crippen LogP contribution in [0, 0.1) is 5.92 Å². The molecule has 2 aromatic rings. The molecule has 2 aromatic carbocycles. The van der Waals surface area contributed by atoms with Crippen LogP contribution >= 0.6 is 23.2 Å². The van der Waals surface area contributed by atoms with Crippen LogP contribution in [-0.2, 0) is 14.4 Å². The van der Waals surface area contributed by atoms with E-state index in [4.69, 9.17) is 38.8 Å². The Labute approximate surface area is 200 Å². The summed E-state index contributed by atoms with van der Waals surface area (Å²) in [5.41, 5.74) is 6.04. The van der Waals surface area contributed by atoms with E-state index in [1.165, 1.54) is 0 Å². The number of carboxylic acid groups (broad SMARTS) is 1. The highest BCUT2D eigenvalue weighted by Gasteiger charge is 2.33. The third kappa shape index (κ3) is 6.10. The van der Waals surface area contributed by atoms with Crippen LogP contribution < -0.4 is 15.8 Å². The van der Waals surface area contributed by atoms with Crippen molar-refractivity contribution in [2.24, 2.45) is 11.7 Å². The van der Waals surface area contributed by atoms with Gasteiger partial charge >= 0.3 is 5.97 Å². The number of nitrogens with one attached hydrogen (secondary N) is 1. The average molecular weight is 493 g/mol. The zero-order valence-electron chi connectivity index (χ0n) is 17.4. The quantitative estimate of drug-likeness (QED) is 0.481. The van der Waals surface area contributed by atoms with Crippen molar-refractivity contribution < 1.29 is 29.0 Å². The maximum Gasteiger partial charge on any atom is 0.321 e. The van der Waals surface area contributed by atoms with Gasteiger partial charge in [0.25, 0.3) is 0 Å². The number of nitrogens with two attached hydrogens (primary N) is 1. The lowest BCUT2D eigenvalue weighted by molar-refractivity contribution is -0.141. The molecule has 1 fully saturated rings. The van der Waals surface area contributed by atoms with E-state index in [1.807, 2.05) is 0 Å². The van der Waals surface area contributed by atoms with Crippen molar-refractivity contribution in [1.82, 2.24) is 5.32 Å². The predicted octanol–water partition coefficient (Wildman–Crippen LogP) is 3.22. The van der Waals surface area contributed by atoms with E-state index in [2.05, 4.69) is 5.32 Å². The highest BCUT2D eigenvalue weighted by Crippen LogP contribution is 2.38. The Hall–Kier alpha value is -2.94. The van der Waals surface area contributed by atoms with Gasteiger partial charge in [0.05, 0.1) is 17.5 Å². The molecule has 1 aliphatic rings. The highest BCUT2D eigenvalue weighted by atomic mass is 35.5. The molecule has 33 heavy (non-hydrogen) atoms. The molecule has 0 heterocycles. The summed E-state index contributed by atoms with van der Waals surface area (Å²) in [6.07, 6.45) is 0.518. The van der Waals surface area contributed by atoms with Gasteiger partial charge in [-0.15, -0.1) is 0 Å². The second-order valence-electron chi connectivity index (χ2n) is 7.75. The number of carbonyl (C=O) groups is 4. The van der Waals surface area contributed by atoms with Crippen LogP contribution in [-0.4, -0.2) is 40.8 Å². The lowest BCUT2D eigenvalue weighted by Crippen LogP contribution is -2.41. The predicted molar refractivity (Wildman–Crippen MR) is 121 cm³/mol. The van der Waals surface area contributed by atoms with Gasteiger partial charge in [0.2, 0.25) is 11.8 Å². The highest BCUT2D eigenvalue weighted by molar-refractivity contribution is 6.45. The van der Waals surface area contributed by atoms with Crippen LogP contribution in [0.1, 0.15) is 41.6 Å². The molecule has 3 rings (SSSR count). The number of hydrogen-bond donors (Lipinski definition) is 3. The molecular formula is C23H22Cl2N2O6. The summed E-state index contributed by atoms with van der Waals surface area (Å²) in [6.45, 7) is 0. The minimum Gasteiger partial charge on any atom is -0.489 e. The molecule has 1 aliphatic carbocycles. The van der Waals surface area contributed by atoms with E-state index in [0.29, 0.717) is 30.6 Å². The third-order valence-electron chi connectivity index (χ3n) is 5.36. The van der Waals surface area contributed by atoms with Crippen LogP contribution in [0.25, 0.3) is 0 Å². The average Bonchev–Trinajstić information content (AvgIpc) is 3.26. The first-order valence-corrected chi connectivity index (χ1v) is 11.0. The topological polar surface area (TPSA) is 136 Å². The zero-order chi connectivity index (χ0) is 24.1. The third-order valence-corrected chi connectivity index (χ3v) is 6.23. The van der Waals surface area contributed by atoms with Crippen LogP contribution in [0.3, 0.4) is 0 Å². The molecule has 4 N–H and O–H groups in total. The molecule has 2 amide bonds. The number of hydrogen-bond acceptors (Lipinski definition) is 6. The van der Waals surface area contributed by atoms with Gasteiger partial charge in [0, 0.05) is 17.0 Å². The van der Waals surface area contributed by atoms with Gasteiger partial charge in [0.1, 0.15) is 16.8 Å². The Morgan fingerprint density at radius 3 is 2.42 bits per heavy atom. The first kappa shape index (κ1) is 24.7. The van der Waals surface area contributed by atoms with E-state index in [0.717, 1.165) is 0 Å². The summed E-state index contributed by atoms with van der Waals surface area (Å²) < 4.78 is 5.92. The maximum atomic E-state index is 12.7. The fourth-order valence-corrected chi connectivity index (χ4v) is 4.04. The second-order valence-corrected chi connectivity index (χ2v) is 8.50. The minimum atomic E-state index is -1.37. The number of carbonyl (C=O) groups excluding carboxylic acids is 3. The van der Waals surface area contributed by atoms with Crippen LogP contribution in [0.5, 0.6) is 5.75 Å². The number of imide groups is 1. The van der Waals surface area contributed by atoms with Gasteiger partial charge in [-0.2, -0.15) is 0 Å². The Morgan fingerprint density at radius 2 is 1.76 bits per heavy atom. The number of benzene rings is 2. The summed E-state index contributed by atoms with van der Waals surface area (Å²) in [7, 11) is 0. The zero-order valence-corrected chi connectivity index (χ0v) is 18.9. The maximum absolute atomic E-state index is 12.7. The van der Waals surface area contributed by atoms with Crippen LogP contribution in [0.4, 0.5) is 0 Å². The second kappa shape index (κ2) is 10.8. The first-order chi connectivity index (χ1) is 15.7. The molecule has 10 heteroatoms. The normalized spacial score (nSPS) is 18.4. The van der Waals surface area contributed by atoms with Crippen molar-refractivity contribution in [1.29, 1.82) is 0 Å². The van der Waals surface area contributed by atoms with Gasteiger partial charge in [-0.05, 0) is 31.4 Å². The van der Waals surface area contributed by atoms with Crippen molar-refractivity contribution in [3.63, 3.8) is 0 Å². The number of aliphatic carboxylic acids is 1. The molecule has 0 bridgehead atoms. The molecule has 0 saturated heterocycles. The molecular weight excluding hydrogens is 471 g/mol. The van der Waals surface area contributed by atoms with E-state index >= 15 is 0 Å². The molecule has 8 nitrogen and oxygen atoms in total. The lowest BCUT2D eigenvalue weighted by atomic mass is 10.0. The number of ether oxygens (including phenoxy) is 1. The number of rotatable bonds is 8. The molecule has 0 radical (unpaired) electrons. The molecule has 0 aromatic heterocycles. The van der Waals surface area contributed by atoms with Crippen LogP contribution in [0.15, 0.2) is 42.5 Å².